The van der Waals surface area contributed by atoms with E-state index in [1.54, 1.807) is 6.07 Å². The Kier molecular flexibility index (Phi) is 5.59. The molecule has 3 rings (SSSR count). The van der Waals surface area contributed by atoms with Gasteiger partial charge in [0.15, 0.2) is 17.5 Å². The summed E-state index contributed by atoms with van der Waals surface area (Å²) in [6.45, 7) is 4.01. The molecule has 1 aromatic heterocycles. The third-order valence-corrected chi connectivity index (χ3v) is 4.08. The van der Waals surface area contributed by atoms with Gasteiger partial charge in [0.05, 0.1) is 11.4 Å². The standard InChI is InChI=1S/C20H19F3N4/c1-3-12(2)24-20-26-16(13-7-5-4-6-8-13)11-17(27-20)25-15-10-9-14(21)18(22)19(15)23/h4-12H,3H2,1-2H3,(H2,24,25,26,27)/t12-/m0/s1. The lowest BCUT2D eigenvalue weighted by Crippen LogP contribution is -2.16. The number of anilines is 3. The number of nitrogens with one attached hydrogen (secondary N) is 2. The fourth-order valence-corrected chi connectivity index (χ4v) is 2.42. The molecular weight excluding hydrogens is 353 g/mol. The topological polar surface area (TPSA) is 49.8 Å². The van der Waals surface area contributed by atoms with Crippen LogP contribution in [0.1, 0.15) is 20.3 Å². The summed E-state index contributed by atoms with van der Waals surface area (Å²) >= 11 is 0. The maximum Gasteiger partial charge on any atom is 0.225 e. The Morgan fingerprint density at radius 1 is 0.963 bits per heavy atom. The normalized spacial score (nSPS) is 11.9. The van der Waals surface area contributed by atoms with Gasteiger partial charge in [0.25, 0.3) is 0 Å². The smallest absolute Gasteiger partial charge is 0.225 e. The summed E-state index contributed by atoms with van der Waals surface area (Å²) in [6, 6.07) is 13.1. The van der Waals surface area contributed by atoms with E-state index in [0.717, 1.165) is 24.1 Å². The van der Waals surface area contributed by atoms with Crippen LogP contribution < -0.4 is 10.6 Å². The number of benzene rings is 2. The average Bonchev–Trinajstić information content (AvgIpc) is 2.69. The molecule has 1 heterocycles. The zero-order chi connectivity index (χ0) is 19.4. The molecule has 3 aromatic rings. The highest BCUT2D eigenvalue weighted by atomic mass is 19.2. The van der Waals surface area contributed by atoms with Gasteiger partial charge in [0.2, 0.25) is 5.95 Å². The zero-order valence-corrected chi connectivity index (χ0v) is 14.9. The van der Waals surface area contributed by atoms with Crippen molar-refractivity contribution >= 4 is 17.5 Å². The second kappa shape index (κ2) is 8.07. The first-order valence-corrected chi connectivity index (χ1v) is 8.59. The molecule has 0 aliphatic carbocycles. The molecule has 7 heteroatoms. The molecule has 4 nitrogen and oxygen atoms in total. The van der Waals surface area contributed by atoms with Crippen molar-refractivity contribution in [3.05, 3.63) is 66.0 Å². The molecule has 0 aliphatic rings. The molecule has 0 spiro atoms. The molecule has 0 saturated heterocycles. The van der Waals surface area contributed by atoms with Crippen LogP contribution in [0.4, 0.5) is 30.6 Å². The van der Waals surface area contributed by atoms with Crippen LogP contribution in [0.2, 0.25) is 0 Å². The van der Waals surface area contributed by atoms with Crippen molar-refractivity contribution in [2.24, 2.45) is 0 Å². The maximum absolute atomic E-state index is 14.0. The van der Waals surface area contributed by atoms with Gasteiger partial charge in [0.1, 0.15) is 5.82 Å². The molecule has 1 atom stereocenters. The minimum Gasteiger partial charge on any atom is -0.352 e. The van der Waals surface area contributed by atoms with Gasteiger partial charge in [-0.05, 0) is 25.5 Å². The van der Waals surface area contributed by atoms with Gasteiger partial charge in [-0.3, -0.25) is 0 Å². The molecule has 0 fully saturated rings. The van der Waals surface area contributed by atoms with E-state index >= 15 is 0 Å². The van der Waals surface area contributed by atoms with Gasteiger partial charge in [-0.15, -0.1) is 0 Å². The van der Waals surface area contributed by atoms with Gasteiger partial charge in [-0.25, -0.2) is 18.2 Å². The summed E-state index contributed by atoms with van der Waals surface area (Å²) in [7, 11) is 0. The Balaban J connectivity index is 2.01. The van der Waals surface area contributed by atoms with E-state index in [9.17, 15) is 13.2 Å². The number of hydrogen-bond acceptors (Lipinski definition) is 4. The summed E-state index contributed by atoms with van der Waals surface area (Å²) in [5, 5.41) is 5.88. The van der Waals surface area contributed by atoms with Crippen LogP contribution >= 0.6 is 0 Å². The highest BCUT2D eigenvalue weighted by molar-refractivity contribution is 5.67. The molecule has 0 unspecified atom stereocenters. The van der Waals surface area contributed by atoms with Crippen LogP contribution in [0.25, 0.3) is 11.3 Å². The van der Waals surface area contributed by atoms with Gasteiger partial charge in [-0.1, -0.05) is 37.3 Å². The van der Waals surface area contributed by atoms with Gasteiger partial charge < -0.3 is 10.6 Å². The van der Waals surface area contributed by atoms with Crippen molar-refractivity contribution < 1.29 is 13.2 Å². The summed E-state index contributed by atoms with van der Waals surface area (Å²) in [6.07, 6.45) is 0.861. The second-order valence-electron chi connectivity index (χ2n) is 6.13. The van der Waals surface area contributed by atoms with Crippen LogP contribution in [0.15, 0.2) is 48.5 Å². The molecule has 0 amide bonds. The van der Waals surface area contributed by atoms with Crippen molar-refractivity contribution in [3.8, 4) is 11.3 Å². The summed E-state index contributed by atoms with van der Waals surface area (Å²) in [5.74, 6) is -3.46. The average molecular weight is 372 g/mol. The van der Waals surface area contributed by atoms with E-state index in [0.29, 0.717) is 11.6 Å². The Morgan fingerprint density at radius 3 is 2.41 bits per heavy atom. The molecule has 2 N–H and O–H groups in total. The van der Waals surface area contributed by atoms with Gasteiger partial charge in [-0.2, -0.15) is 4.98 Å². The van der Waals surface area contributed by atoms with Crippen molar-refractivity contribution in [1.29, 1.82) is 0 Å². The van der Waals surface area contributed by atoms with E-state index in [2.05, 4.69) is 20.6 Å². The van der Waals surface area contributed by atoms with Gasteiger partial charge >= 0.3 is 0 Å². The van der Waals surface area contributed by atoms with E-state index in [4.69, 9.17) is 0 Å². The number of nitrogens with zero attached hydrogens (tertiary/aromatic N) is 2. The number of aromatic nitrogens is 2. The lowest BCUT2D eigenvalue weighted by atomic mass is 10.1. The molecule has 0 aliphatic heterocycles. The molecule has 27 heavy (non-hydrogen) atoms. The van der Waals surface area contributed by atoms with Crippen molar-refractivity contribution in [1.82, 2.24) is 9.97 Å². The number of halogens is 3. The van der Waals surface area contributed by atoms with Crippen LogP contribution in [0.3, 0.4) is 0 Å². The van der Waals surface area contributed by atoms with E-state index in [-0.39, 0.29) is 17.5 Å². The third-order valence-electron chi connectivity index (χ3n) is 4.08. The molecule has 2 aromatic carbocycles. The van der Waals surface area contributed by atoms with E-state index < -0.39 is 17.5 Å². The lowest BCUT2D eigenvalue weighted by Gasteiger charge is -2.15. The first kappa shape index (κ1) is 18.7. The summed E-state index contributed by atoms with van der Waals surface area (Å²) < 4.78 is 40.7. The van der Waals surface area contributed by atoms with Crippen LogP contribution in [0.5, 0.6) is 0 Å². The van der Waals surface area contributed by atoms with Gasteiger partial charge in [0, 0.05) is 17.7 Å². The molecule has 0 bridgehead atoms. The largest absolute Gasteiger partial charge is 0.352 e. The summed E-state index contributed by atoms with van der Waals surface area (Å²) in [4.78, 5) is 8.82. The number of hydrogen-bond donors (Lipinski definition) is 2. The highest BCUT2D eigenvalue weighted by Crippen LogP contribution is 2.26. The maximum atomic E-state index is 14.0. The summed E-state index contributed by atoms with van der Waals surface area (Å²) in [5.41, 5.74) is 1.25. The minimum atomic E-state index is -1.53. The third kappa shape index (κ3) is 4.36. The second-order valence-corrected chi connectivity index (χ2v) is 6.13. The molecule has 0 radical (unpaired) electrons. The van der Waals surface area contributed by atoms with Crippen molar-refractivity contribution in [3.63, 3.8) is 0 Å². The predicted molar refractivity (Wildman–Crippen MR) is 100 cm³/mol. The Morgan fingerprint density at radius 2 is 1.70 bits per heavy atom. The molecule has 0 saturated carbocycles. The molecular formula is C20H19F3N4. The monoisotopic (exact) mass is 372 g/mol. The van der Waals surface area contributed by atoms with Crippen LogP contribution in [0, 0.1) is 17.5 Å². The Bertz CT molecular complexity index is 932. The van der Waals surface area contributed by atoms with Crippen LogP contribution in [-0.2, 0) is 0 Å². The van der Waals surface area contributed by atoms with Crippen LogP contribution in [-0.4, -0.2) is 16.0 Å². The Labute approximate surface area is 155 Å². The molecule has 140 valence electrons. The first-order chi connectivity index (χ1) is 13.0. The highest BCUT2D eigenvalue weighted by Gasteiger charge is 2.15. The Hall–Kier alpha value is -3.09. The fourth-order valence-electron chi connectivity index (χ4n) is 2.42. The van der Waals surface area contributed by atoms with Crippen molar-refractivity contribution in [2.75, 3.05) is 10.6 Å². The fraction of sp³-hybridized carbons (Fsp3) is 0.200. The lowest BCUT2D eigenvalue weighted by molar-refractivity contribution is 0.449. The van der Waals surface area contributed by atoms with E-state index in [1.165, 1.54) is 0 Å². The first-order valence-electron chi connectivity index (χ1n) is 8.59. The SMILES string of the molecule is CC[C@H](C)Nc1nc(Nc2ccc(F)c(F)c2F)cc(-c2ccccc2)n1. The van der Waals surface area contributed by atoms with Crippen molar-refractivity contribution in [2.45, 2.75) is 26.3 Å². The zero-order valence-electron chi connectivity index (χ0n) is 14.9. The minimum absolute atomic E-state index is 0.129. The predicted octanol–water partition coefficient (Wildman–Crippen LogP) is 5.51. The van der Waals surface area contributed by atoms with E-state index in [1.807, 2.05) is 44.2 Å². The number of rotatable bonds is 6. The quantitative estimate of drug-likeness (QED) is 0.560.